The highest BCUT2D eigenvalue weighted by Crippen LogP contribution is 2.17. The molecule has 2 rings (SSSR count). The molecule has 136 valence electrons. The molecule has 0 radical (unpaired) electrons. The molecule has 0 saturated heterocycles. The zero-order valence-corrected chi connectivity index (χ0v) is 15.5. The standard InChI is InChI=1S/C19H21N3O3S/c1-3-17(15-10-8-14(2)9-11-15)22-19(23)13-21-26(24,25)18-7-5-4-6-16(18)12-20/h4-11,17,21H,3,13H2,1-2H3,(H,22,23)/t17-/m1/s1. The number of carbonyl (C=O) groups is 1. The number of hydrogen-bond acceptors (Lipinski definition) is 4. The molecule has 0 spiro atoms. The summed E-state index contributed by atoms with van der Waals surface area (Å²) in [6.07, 6.45) is 0.679. The van der Waals surface area contributed by atoms with Gasteiger partial charge in [0.25, 0.3) is 0 Å². The Morgan fingerprint density at radius 3 is 2.42 bits per heavy atom. The highest BCUT2D eigenvalue weighted by Gasteiger charge is 2.20. The highest BCUT2D eigenvalue weighted by molar-refractivity contribution is 7.89. The van der Waals surface area contributed by atoms with Crippen molar-refractivity contribution in [2.75, 3.05) is 6.54 Å². The summed E-state index contributed by atoms with van der Waals surface area (Å²) >= 11 is 0. The molecule has 0 unspecified atom stereocenters. The highest BCUT2D eigenvalue weighted by atomic mass is 32.2. The number of hydrogen-bond donors (Lipinski definition) is 2. The number of rotatable bonds is 7. The van der Waals surface area contributed by atoms with E-state index in [1.807, 2.05) is 44.2 Å². The van der Waals surface area contributed by atoms with Crippen molar-refractivity contribution in [2.45, 2.75) is 31.2 Å². The summed E-state index contributed by atoms with van der Waals surface area (Å²) in [4.78, 5) is 12.0. The molecule has 26 heavy (non-hydrogen) atoms. The first-order valence-electron chi connectivity index (χ1n) is 8.22. The van der Waals surface area contributed by atoms with E-state index in [0.29, 0.717) is 6.42 Å². The zero-order valence-electron chi connectivity index (χ0n) is 14.7. The van der Waals surface area contributed by atoms with Crippen molar-refractivity contribution in [3.63, 3.8) is 0 Å². The van der Waals surface area contributed by atoms with E-state index >= 15 is 0 Å². The lowest BCUT2D eigenvalue weighted by molar-refractivity contribution is -0.120. The van der Waals surface area contributed by atoms with Crippen molar-refractivity contribution in [3.05, 3.63) is 65.2 Å². The number of carbonyl (C=O) groups excluding carboxylic acids is 1. The third-order valence-corrected chi connectivity index (χ3v) is 5.40. The van der Waals surface area contributed by atoms with Crippen LogP contribution in [0.15, 0.2) is 53.4 Å². The van der Waals surface area contributed by atoms with Crippen LogP contribution in [0.2, 0.25) is 0 Å². The summed E-state index contributed by atoms with van der Waals surface area (Å²) in [6, 6.07) is 15.3. The van der Waals surface area contributed by atoms with Gasteiger partial charge in [-0.15, -0.1) is 0 Å². The lowest BCUT2D eigenvalue weighted by Gasteiger charge is -2.18. The van der Waals surface area contributed by atoms with Crippen molar-refractivity contribution in [2.24, 2.45) is 0 Å². The molecule has 0 fully saturated rings. The van der Waals surface area contributed by atoms with Crippen LogP contribution in [0.25, 0.3) is 0 Å². The number of nitriles is 1. The lowest BCUT2D eigenvalue weighted by atomic mass is 10.0. The molecule has 2 aromatic rings. The maximum atomic E-state index is 12.3. The van der Waals surface area contributed by atoms with Crippen molar-refractivity contribution >= 4 is 15.9 Å². The Bertz CT molecular complexity index is 916. The van der Waals surface area contributed by atoms with Gasteiger partial charge in [-0.2, -0.15) is 5.26 Å². The summed E-state index contributed by atoms with van der Waals surface area (Å²) in [7, 11) is -3.94. The number of aryl methyl sites for hydroxylation is 1. The van der Waals surface area contributed by atoms with Crippen LogP contribution in [-0.2, 0) is 14.8 Å². The monoisotopic (exact) mass is 371 g/mol. The Morgan fingerprint density at radius 2 is 1.81 bits per heavy atom. The van der Waals surface area contributed by atoms with Gasteiger partial charge in [-0.25, -0.2) is 13.1 Å². The fourth-order valence-corrected chi connectivity index (χ4v) is 3.63. The molecule has 0 saturated carbocycles. The Labute approximate surface area is 153 Å². The Balaban J connectivity index is 2.03. The molecule has 0 aliphatic carbocycles. The molecule has 0 heterocycles. The van der Waals surface area contributed by atoms with Crippen LogP contribution >= 0.6 is 0 Å². The molecule has 2 aromatic carbocycles. The fourth-order valence-electron chi connectivity index (χ4n) is 2.50. The second kappa shape index (κ2) is 8.61. The smallest absolute Gasteiger partial charge is 0.242 e. The molecular formula is C19H21N3O3S. The van der Waals surface area contributed by atoms with E-state index in [4.69, 9.17) is 5.26 Å². The molecule has 0 aromatic heterocycles. The lowest BCUT2D eigenvalue weighted by Crippen LogP contribution is -2.38. The van der Waals surface area contributed by atoms with E-state index < -0.39 is 22.5 Å². The van der Waals surface area contributed by atoms with Crippen LogP contribution in [0.4, 0.5) is 0 Å². The van der Waals surface area contributed by atoms with Crippen molar-refractivity contribution in [1.29, 1.82) is 5.26 Å². The summed E-state index contributed by atoms with van der Waals surface area (Å²) in [5, 5.41) is 11.9. The van der Waals surface area contributed by atoms with Crippen LogP contribution in [-0.4, -0.2) is 20.9 Å². The molecule has 6 nitrogen and oxygen atoms in total. The van der Waals surface area contributed by atoms with Gasteiger partial charge in [0.15, 0.2) is 0 Å². The van der Waals surface area contributed by atoms with Crippen LogP contribution in [0, 0.1) is 18.3 Å². The number of amides is 1. The van der Waals surface area contributed by atoms with E-state index in [-0.39, 0.29) is 16.5 Å². The van der Waals surface area contributed by atoms with Gasteiger partial charge in [0, 0.05) is 0 Å². The number of nitrogens with one attached hydrogen (secondary N) is 2. The van der Waals surface area contributed by atoms with E-state index in [1.54, 1.807) is 6.07 Å². The number of nitrogens with zero attached hydrogens (tertiary/aromatic N) is 1. The van der Waals surface area contributed by atoms with E-state index in [9.17, 15) is 13.2 Å². The molecule has 1 atom stereocenters. The third kappa shape index (κ3) is 4.91. The molecule has 2 N–H and O–H groups in total. The second-order valence-electron chi connectivity index (χ2n) is 5.87. The van der Waals surface area contributed by atoms with E-state index in [0.717, 1.165) is 11.1 Å². The first-order valence-corrected chi connectivity index (χ1v) is 9.70. The minimum Gasteiger partial charge on any atom is -0.348 e. The first-order chi connectivity index (χ1) is 12.4. The second-order valence-corrected chi connectivity index (χ2v) is 7.61. The van der Waals surface area contributed by atoms with Crippen LogP contribution in [0.3, 0.4) is 0 Å². The molecular weight excluding hydrogens is 350 g/mol. The number of sulfonamides is 1. The molecule has 0 bridgehead atoms. The van der Waals surface area contributed by atoms with Gasteiger partial charge in [-0.05, 0) is 31.0 Å². The Morgan fingerprint density at radius 1 is 1.15 bits per heavy atom. The van der Waals surface area contributed by atoms with Crippen LogP contribution < -0.4 is 10.0 Å². The van der Waals surface area contributed by atoms with Gasteiger partial charge < -0.3 is 5.32 Å². The van der Waals surface area contributed by atoms with Crippen LogP contribution in [0.5, 0.6) is 0 Å². The van der Waals surface area contributed by atoms with Crippen LogP contribution in [0.1, 0.15) is 36.1 Å². The summed E-state index contributed by atoms with van der Waals surface area (Å²) < 4.78 is 26.9. The van der Waals surface area contributed by atoms with Crippen molar-refractivity contribution in [1.82, 2.24) is 10.0 Å². The van der Waals surface area contributed by atoms with E-state index in [1.165, 1.54) is 18.2 Å². The largest absolute Gasteiger partial charge is 0.348 e. The Hall–Kier alpha value is -2.69. The predicted molar refractivity (Wildman–Crippen MR) is 98.7 cm³/mol. The summed E-state index contributed by atoms with van der Waals surface area (Å²) in [5.74, 6) is -0.435. The normalized spacial score (nSPS) is 12.2. The molecule has 7 heteroatoms. The summed E-state index contributed by atoms with van der Waals surface area (Å²) in [6.45, 7) is 3.53. The molecule has 0 aliphatic heterocycles. The average Bonchev–Trinajstić information content (AvgIpc) is 2.65. The zero-order chi connectivity index (χ0) is 19.2. The summed E-state index contributed by atoms with van der Waals surface area (Å²) in [5.41, 5.74) is 2.12. The Kier molecular flexibility index (Phi) is 6.50. The SMILES string of the molecule is CC[C@@H](NC(=O)CNS(=O)(=O)c1ccccc1C#N)c1ccc(C)cc1. The molecule has 1 amide bonds. The van der Waals surface area contributed by atoms with Gasteiger partial charge in [0.1, 0.15) is 6.07 Å². The number of benzene rings is 2. The average molecular weight is 371 g/mol. The third-order valence-electron chi connectivity index (χ3n) is 3.94. The minimum absolute atomic E-state index is 0.0338. The predicted octanol–water partition coefficient (Wildman–Crippen LogP) is 2.41. The quantitative estimate of drug-likeness (QED) is 0.781. The first kappa shape index (κ1) is 19.6. The van der Waals surface area contributed by atoms with Crippen molar-refractivity contribution in [3.8, 4) is 6.07 Å². The van der Waals surface area contributed by atoms with Gasteiger partial charge in [0.2, 0.25) is 15.9 Å². The minimum atomic E-state index is -3.94. The maximum absolute atomic E-state index is 12.3. The van der Waals surface area contributed by atoms with E-state index in [2.05, 4.69) is 10.0 Å². The molecule has 0 aliphatic rings. The van der Waals surface area contributed by atoms with Gasteiger partial charge in [0.05, 0.1) is 23.0 Å². The van der Waals surface area contributed by atoms with Gasteiger partial charge in [-0.3, -0.25) is 4.79 Å². The van der Waals surface area contributed by atoms with Gasteiger partial charge in [-0.1, -0.05) is 48.9 Å². The topological polar surface area (TPSA) is 99.1 Å². The van der Waals surface area contributed by atoms with Crippen molar-refractivity contribution < 1.29 is 13.2 Å². The fraction of sp³-hybridized carbons (Fsp3) is 0.263. The van der Waals surface area contributed by atoms with Gasteiger partial charge >= 0.3 is 0 Å². The maximum Gasteiger partial charge on any atom is 0.242 e.